The summed E-state index contributed by atoms with van der Waals surface area (Å²) in [5.74, 6) is 2.53. The molecule has 1 aromatic rings. The summed E-state index contributed by atoms with van der Waals surface area (Å²) in [5.41, 5.74) is 1.15. The number of rotatable bonds is 5. The molecule has 1 heterocycles. The van der Waals surface area contributed by atoms with Gasteiger partial charge in [0.15, 0.2) is 0 Å². The molecule has 106 valence electrons. The minimum atomic E-state index is 0.582. The highest BCUT2D eigenvalue weighted by atomic mass is 15.0. The van der Waals surface area contributed by atoms with Crippen molar-refractivity contribution in [2.24, 2.45) is 11.8 Å². The van der Waals surface area contributed by atoms with Gasteiger partial charge in [0.25, 0.3) is 0 Å². The Morgan fingerprint density at radius 1 is 1.26 bits per heavy atom. The van der Waals surface area contributed by atoms with Crippen LogP contribution in [0.5, 0.6) is 0 Å². The first kappa shape index (κ1) is 14.3. The Morgan fingerprint density at radius 2 is 2.05 bits per heavy atom. The summed E-state index contributed by atoms with van der Waals surface area (Å²) >= 11 is 0. The Bertz CT molecular complexity index is 389. The second-order valence-electron chi connectivity index (χ2n) is 6.09. The topological polar surface area (TPSA) is 37.8 Å². The molecule has 0 bridgehead atoms. The highest BCUT2D eigenvalue weighted by molar-refractivity contribution is 5.36. The van der Waals surface area contributed by atoms with Gasteiger partial charge >= 0.3 is 0 Å². The Kier molecular flexibility index (Phi) is 5.17. The lowest BCUT2D eigenvalue weighted by Crippen LogP contribution is -2.35. The number of hydrogen-bond donors (Lipinski definition) is 1. The van der Waals surface area contributed by atoms with Crippen molar-refractivity contribution >= 4 is 5.82 Å². The summed E-state index contributed by atoms with van der Waals surface area (Å²) in [5, 5.41) is 3.66. The normalized spacial score (nSPS) is 23.6. The summed E-state index contributed by atoms with van der Waals surface area (Å²) in [6.07, 6.45) is 9.21. The van der Waals surface area contributed by atoms with Crippen LogP contribution in [0.15, 0.2) is 12.4 Å². The highest BCUT2D eigenvalue weighted by Gasteiger charge is 2.27. The van der Waals surface area contributed by atoms with Gasteiger partial charge in [-0.2, -0.15) is 0 Å². The maximum absolute atomic E-state index is 4.39. The van der Waals surface area contributed by atoms with Crippen LogP contribution in [0.2, 0.25) is 0 Å². The van der Waals surface area contributed by atoms with Gasteiger partial charge in [-0.15, -0.1) is 0 Å². The number of anilines is 1. The van der Waals surface area contributed by atoms with E-state index in [-0.39, 0.29) is 0 Å². The number of hydrogen-bond acceptors (Lipinski definition) is 3. The van der Waals surface area contributed by atoms with E-state index in [0.29, 0.717) is 6.04 Å². The van der Waals surface area contributed by atoms with E-state index in [1.165, 1.54) is 25.7 Å². The molecule has 0 aliphatic heterocycles. The zero-order valence-electron chi connectivity index (χ0n) is 12.5. The van der Waals surface area contributed by atoms with Crippen molar-refractivity contribution in [3.63, 3.8) is 0 Å². The van der Waals surface area contributed by atoms with E-state index < -0.39 is 0 Å². The summed E-state index contributed by atoms with van der Waals surface area (Å²) in [6.45, 7) is 6.87. The maximum Gasteiger partial charge on any atom is 0.129 e. The monoisotopic (exact) mass is 261 g/mol. The predicted molar refractivity (Wildman–Crippen MR) is 80.2 cm³/mol. The molecule has 19 heavy (non-hydrogen) atoms. The molecule has 0 saturated heterocycles. The van der Waals surface area contributed by atoms with Gasteiger partial charge in [-0.05, 0) is 31.1 Å². The summed E-state index contributed by atoms with van der Waals surface area (Å²) < 4.78 is 0. The molecular formula is C16H27N3. The Balaban J connectivity index is 2.04. The van der Waals surface area contributed by atoms with Gasteiger partial charge in [0, 0.05) is 17.8 Å². The minimum absolute atomic E-state index is 0.582. The first-order chi connectivity index (χ1) is 9.20. The quantitative estimate of drug-likeness (QED) is 0.868. The van der Waals surface area contributed by atoms with E-state index in [1.807, 2.05) is 0 Å². The molecule has 1 aliphatic rings. The first-order valence-electron chi connectivity index (χ1n) is 7.78. The van der Waals surface area contributed by atoms with Crippen molar-refractivity contribution in [3.05, 3.63) is 18.1 Å². The Hall–Kier alpha value is -1.12. The molecule has 1 aromatic heterocycles. The third kappa shape index (κ3) is 3.92. The van der Waals surface area contributed by atoms with Crippen molar-refractivity contribution in [2.75, 3.05) is 5.32 Å². The van der Waals surface area contributed by atoms with Gasteiger partial charge in [0.1, 0.15) is 12.1 Å². The lowest BCUT2D eigenvalue weighted by molar-refractivity contribution is 0.253. The Labute approximate surface area is 117 Å². The van der Waals surface area contributed by atoms with Crippen molar-refractivity contribution in [1.82, 2.24) is 9.97 Å². The lowest BCUT2D eigenvalue weighted by Gasteiger charge is -2.35. The molecule has 0 radical (unpaired) electrons. The second kappa shape index (κ2) is 6.88. The van der Waals surface area contributed by atoms with E-state index in [4.69, 9.17) is 0 Å². The summed E-state index contributed by atoms with van der Waals surface area (Å²) in [6, 6.07) is 2.70. The average Bonchev–Trinajstić information content (AvgIpc) is 2.40. The fourth-order valence-corrected chi connectivity index (χ4v) is 3.20. The number of aryl methyl sites for hydroxylation is 1. The van der Waals surface area contributed by atoms with Gasteiger partial charge in [-0.25, -0.2) is 9.97 Å². The van der Waals surface area contributed by atoms with Crippen LogP contribution in [0.25, 0.3) is 0 Å². The van der Waals surface area contributed by atoms with Gasteiger partial charge in [0.05, 0.1) is 0 Å². The molecular weight excluding hydrogens is 234 g/mol. The van der Waals surface area contributed by atoms with Crippen LogP contribution in [0.1, 0.15) is 58.6 Å². The van der Waals surface area contributed by atoms with Gasteiger partial charge in [-0.1, -0.05) is 40.0 Å². The molecule has 1 fully saturated rings. The molecule has 1 N–H and O–H groups in total. The average molecular weight is 261 g/mol. The fourth-order valence-electron chi connectivity index (χ4n) is 3.20. The molecule has 2 unspecified atom stereocenters. The van der Waals surface area contributed by atoms with Crippen LogP contribution >= 0.6 is 0 Å². The third-order valence-corrected chi connectivity index (χ3v) is 4.24. The largest absolute Gasteiger partial charge is 0.367 e. The van der Waals surface area contributed by atoms with Crippen molar-refractivity contribution in [2.45, 2.75) is 65.3 Å². The number of nitrogens with zero attached hydrogens (tertiary/aromatic N) is 2. The first-order valence-corrected chi connectivity index (χ1v) is 7.78. The Morgan fingerprint density at radius 3 is 2.79 bits per heavy atom. The molecule has 0 spiro atoms. The van der Waals surface area contributed by atoms with Crippen molar-refractivity contribution < 1.29 is 0 Å². The molecule has 3 heteroatoms. The maximum atomic E-state index is 4.39. The van der Waals surface area contributed by atoms with Crippen molar-refractivity contribution in [3.8, 4) is 0 Å². The fraction of sp³-hybridized carbons (Fsp3) is 0.750. The molecule has 1 aliphatic carbocycles. The van der Waals surface area contributed by atoms with Gasteiger partial charge < -0.3 is 5.32 Å². The molecule has 0 aromatic carbocycles. The standard InChI is InChI=1S/C16H27N3/c1-4-7-13-10-16(18-11-17-13)19-15-9-6-5-8-14(15)12(2)3/h10-12,14-15H,4-9H2,1-3H3,(H,17,18,19). The lowest BCUT2D eigenvalue weighted by atomic mass is 9.78. The van der Waals surface area contributed by atoms with Crippen LogP contribution in [0.4, 0.5) is 5.82 Å². The molecule has 3 nitrogen and oxygen atoms in total. The zero-order valence-corrected chi connectivity index (χ0v) is 12.5. The molecule has 2 rings (SSSR count). The van der Waals surface area contributed by atoms with E-state index in [0.717, 1.165) is 36.2 Å². The predicted octanol–water partition coefficient (Wildman–Crippen LogP) is 4.06. The van der Waals surface area contributed by atoms with Crippen LogP contribution in [0, 0.1) is 11.8 Å². The van der Waals surface area contributed by atoms with E-state index in [1.54, 1.807) is 6.33 Å². The van der Waals surface area contributed by atoms with Crippen molar-refractivity contribution in [1.29, 1.82) is 0 Å². The second-order valence-corrected chi connectivity index (χ2v) is 6.09. The van der Waals surface area contributed by atoms with Crippen LogP contribution in [-0.4, -0.2) is 16.0 Å². The number of nitrogens with one attached hydrogen (secondary N) is 1. The van der Waals surface area contributed by atoms with E-state index in [9.17, 15) is 0 Å². The smallest absolute Gasteiger partial charge is 0.129 e. The minimum Gasteiger partial charge on any atom is -0.367 e. The van der Waals surface area contributed by atoms with Gasteiger partial charge in [-0.3, -0.25) is 0 Å². The highest BCUT2D eigenvalue weighted by Crippen LogP contribution is 2.31. The summed E-state index contributed by atoms with van der Waals surface area (Å²) in [4.78, 5) is 8.71. The molecule has 2 atom stereocenters. The number of aromatic nitrogens is 2. The molecule has 1 saturated carbocycles. The van der Waals surface area contributed by atoms with Crippen LogP contribution < -0.4 is 5.32 Å². The zero-order chi connectivity index (χ0) is 13.7. The van der Waals surface area contributed by atoms with E-state index >= 15 is 0 Å². The summed E-state index contributed by atoms with van der Waals surface area (Å²) in [7, 11) is 0. The third-order valence-electron chi connectivity index (χ3n) is 4.24. The SMILES string of the molecule is CCCc1cc(NC2CCCCC2C(C)C)ncn1. The van der Waals surface area contributed by atoms with Crippen LogP contribution in [0.3, 0.4) is 0 Å². The van der Waals surface area contributed by atoms with E-state index in [2.05, 4.69) is 42.1 Å². The van der Waals surface area contributed by atoms with Gasteiger partial charge in [0.2, 0.25) is 0 Å². The molecule has 0 amide bonds. The van der Waals surface area contributed by atoms with Crippen LogP contribution in [-0.2, 0) is 6.42 Å².